The van der Waals surface area contributed by atoms with Crippen LogP contribution in [-0.2, 0) is 6.54 Å². The number of anilines is 1. The zero-order valence-corrected chi connectivity index (χ0v) is 14.2. The van der Waals surface area contributed by atoms with E-state index in [9.17, 15) is 4.39 Å². The Morgan fingerprint density at radius 3 is 2.73 bits per heavy atom. The maximum Gasteiger partial charge on any atom is 0.235 e. The molecule has 0 aliphatic rings. The van der Waals surface area contributed by atoms with Gasteiger partial charge in [0.1, 0.15) is 23.4 Å². The summed E-state index contributed by atoms with van der Waals surface area (Å²) in [5.74, 6) is 0.775. The van der Waals surface area contributed by atoms with Crippen molar-refractivity contribution in [3.63, 3.8) is 0 Å². The van der Waals surface area contributed by atoms with Gasteiger partial charge < -0.3 is 15.0 Å². The van der Waals surface area contributed by atoms with Crippen LogP contribution in [-0.4, -0.2) is 36.4 Å². The van der Waals surface area contributed by atoms with Gasteiger partial charge in [-0.25, -0.2) is 9.37 Å². The minimum Gasteiger partial charge on any atom is -0.497 e. The van der Waals surface area contributed by atoms with Crippen LogP contribution in [0.4, 0.5) is 10.3 Å². The van der Waals surface area contributed by atoms with Gasteiger partial charge in [-0.1, -0.05) is 0 Å². The molecule has 0 spiro atoms. The number of hydrogen-bond acceptors (Lipinski definition) is 6. The van der Waals surface area contributed by atoms with Gasteiger partial charge in [0.15, 0.2) is 0 Å². The number of nitrogen functional groups attached to an aromatic ring is 1. The van der Waals surface area contributed by atoms with Crippen LogP contribution in [0.15, 0.2) is 36.9 Å². The Morgan fingerprint density at radius 2 is 2.08 bits per heavy atom. The Morgan fingerprint density at radius 1 is 1.23 bits per heavy atom. The number of nitrogens with two attached hydrogens (primary N) is 1. The lowest BCUT2D eigenvalue weighted by molar-refractivity contribution is 0.411. The van der Waals surface area contributed by atoms with Crippen LogP contribution in [0.25, 0.3) is 28.1 Å². The first-order valence-corrected chi connectivity index (χ1v) is 7.98. The number of fused-ring (bicyclic) bond motifs is 1. The quantitative estimate of drug-likeness (QED) is 0.605. The largest absolute Gasteiger partial charge is 0.497 e. The molecule has 0 aliphatic heterocycles. The molecule has 0 aliphatic carbocycles. The predicted octanol–water partition coefficient (Wildman–Crippen LogP) is 2.43. The Bertz CT molecular complexity index is 1100. The summed E-state index contributed by atoms with van der Waals surface area (Å²) in [4.78, 5) is 12.7. The van der Waals surface area contributed by atoms with Crippen molar-refractivity contribution in [1.82, 2.24) is 29.3 Å². The zero-order chi connectivity index (χ0) is 18.3. The van der Waals surface area contributed by atoms with Gasteiger partial charge in [-0.3, -0.25) is 4.98 Å². The molecular weight excluding hydrogens is 337 g/mol. The third-order valence-corrected chi connectivity index (χ3v) is 4.18. The second-order valence-electron chi connectivity index (χ2n) is 5.59. The number of aromatic nitrogens is 6. The molecule has 4 aromatic rings. The second-order valence-corrected chi connectivity index (χ2v) is 5.59. The smallest absolute Gasteiger partial charge is 0.235 e. The van der Waals surface area contributed by atoms with E-state index in [0.29, 0.717) is 34.9 Å². The number of imidazole rings is 1. The maximum atomic E-state index is 14.6. The van der Waals surface area contributed by atoms with E-state index in [0.717, 1.165) is 5.52 Å². The lowest BCUT2D eigenvalue weighted by Gasteiger charge is -2.10. The first kappa shape index (κ1) is 16.0. The first-order chi connectivity index (χ1) is 12.6. The molecule has 2 N–H and O–H groups in total. The second kappa shape index (κ2) is 6.10. The zero-order valence-electron chi connectivity index (χ0n) is 14.2. The molecule has 0 saturated heterocycles. The molecule has 3 heterocycles. The van der Waals surface area contributed by atoms with Crippen molar-refractivity contribution in [3.05, 3.63) is 42.7 Å². The Kier molecular flexibility index (Phi) is 3.76. The molecule has 0 unspecified atom stereocenters. The van der Waals surface area contributed by atoms with Crippen molar-refractivity contribution in [3.8, 4) is 22.8 Å². The molecule has 132 valence electrons. The molecule has 9 heteroatoms. The van der Waals surface area contributed by atoms with E-state index in [-0.39, 0.29) is 5.95 Å². The number of benzene rings is 1. The summed E-state index contributed by atoms with van der Waals surface area (Å²) in [6, 6.07) is 4.72. The standard InChI is InChI=1S/C17H16FN7O/c1-3-24-15-12(11-5-4-10(26-2)6-13(11)18)7-20-8-14(15)23-17(24)25-16(19)21-9-22-25/h4-9H,3H2,1-2H3,(H2,19,21,22). The minimum atomic E-state index is -0.399. The van der Waals surface area contributed by atoms with E-state index < -0.39 is 5.82 Å². The van der Waals surface area contributed by atoms with Gasteiger partial charge in [0.2, 0.25) is 11.9 Å². The highest BCUT2D eigenvalue weighted by molar-refractivity contribution is 5.92. The van der Waals surface area contributed by atoms with Crippen LogP contribution in [0.3, 0.4) is 0 Å². The normalized spacial score (nSPS) is 11.2. The third kappa shape index (κ3) is 2.36. The average molecular weight is 353 g/mol. The molecule has 8 nitrogen and oxygen atoms in total. The highest BCUT2D eigenvalue weighted by atomic mass is 19.1. The molecule has 0 atom stereocenters. The first-order valence-electron chi connectivity index (χ1n) is 7.98. The average Bonchev–Trinajstić information content (AvgIpc) is 3.24. The molecule has 4 rings (SSSR count). The molecule has 1 aromatic carbocycles. The highest BCUT2D eigenvalue weighted by Crippen LogP contribution is 2.32. The van der Waals surface area contributed by atoms with Crippen molar-refractivity contribution in [1.29, 1.82) is 0 Å². The Hall–Kier alpha value is -3.49. The van der Waals surface area contributed by atoms with E-state index in [1.807, 2.05) is 11.5 Å². The molecule has 26 heavy (non-hydrogen) atoms. The van der Waals surface area contributed by atoms with Crippen LogP contribution in [0.2, 0.25) is 0 Å². The van der Waals surface area contributed by atoms with E-state index >= 15 is 0 Å². The SMILES string of the molecule is CCn1c(-n2ncnc2N)nc2cncc(-c3ccc(OC)cc3F)c21. The summed E-state index contributed by atoms with van der Waals surface area (Å²) in [7, 11) is 1.50. The number of ether oxygens (including phenoxy) is 1. The number of rotatable bonds is 4. The Balaban J connectivity index is 2.00. The van der Waals surface area contributed by atoms with Gasteiger partial charge >= 0.3 is 0 Å². The maximum absolute atomic E-state index is 14.6. The van der Waals surface area contributed by atoms with E-state index in [2.05, 4.69) is 20.1 Å². The van der Waals surface area contributed by atoms with Crippen LogP contribution in [0, 0.1) is 5.82 Å². The lowest BCUT2D eigenvalue weighted by Crippen LogP contribution is -2.10. The third-order valence-electron chi connectivity index (χ3n) is 4.18. The summed E-state index contributed by atoms with van der Waals surface area (Å²) in [5.41, 5.74) is 8.27. The molecule has 0 fully saturated rings. The van der Waals surface area contributed by atoms with Gasteiger partial charge in [0.25, 0.3) is 0 Å². The number of methoxy groups -OCH3 is 1. The van der Waals surface area contributed by atoms with Crippen molar-refractivity contribution < 1.29 is 9.13 Å². The van der Waals surface area contributed by atoms with Crippen LogP contribution in [0.5, 0.6) is 5.75 Å². The van der Waals surface area contributed by atoms with Crippen LogP contribution < -0.4 is 10.5 Å². The number of nitrogens with zero attached hydrogens (tertiary/aromatic N) is 6. The highest BCUT2D eigenvalue weighted by Gasteiger charge is 2.19. The number of hydrogen-bond donors (Lipinski definition) is 1. The number of pyridine rings is 1. The summed E-state index contributed by atoms with van der Waals surface area (Å²) in [6.07, 6.45) is 4.61. The van der Waals surface area contributed by atoms with Crippen molar-refractivity contribution in [2.45, 2.75) is 13.5 Å². The number of aryl methyl sites for hydroxylation is 1. The summed E-state index contributed by atoms with van der Waals surface area (Å²) in [5, 5.41) is 4.12. The molecule has 0 saturated carbocycles. The summed E-state index contributed by atoms with van der Waals surface area (Å²) >= 11 is 0. The van der Waals surface area contributed by atoms with Crippen molar-refractivity contribution in [2.24, 2.45) is 0 Å². The minimum absolute atomic E-state index is 0.222. The monoisotopic (exact) mass is 353 g/mol. The molecule has 3 aromatic heterocycles. The van der Waals surface area contributed by atoms with Gasteiger partial charge in [-0.15, -0.1) is 0 Å². The van der Waals surface area contributed by atoms with Crippen LogP contribution in [0.1, 0.15) is 6.92 Å². The topological polar surface area (TPSA) is 96.7 Å². The van der Waals surface area contributed by atoms with E-state index in [1.165, 1.54) is 24.2 Å². The van der Waals surface area contributed by atoms with Crippen molar-refractivity contribution >= 4 is 17.0 Å². The van der Waals surface area contributed by atoms with Crippen molar-refractivity contribution in [2.75, 3.05) is 12.8 Å². The fraction of sp³-hybridized carbons (Fsp3) is 0.176. The van der Waals surface area contributed by atoms with Gasteiger partial charge in [0, 0.05) is 29.9 Å². The van der Waals surface area contributed by atoms with Gasteiger partial charge in [-0.2, -0.15) is 14.8 Å². The summed E-state index contributed by atoms with van der Waals surface area (Å²) < 4.78 is 23.1. The molecule has 0 radical (unpaired) electrons. The predicted molar refractivity (Wildman–Crippen MR) is 94.5 cm³/mol. The number of halogens is 1. The summed E-state index contributed by atoms with van der Waals surface area (Å²) in [6.45, 7) is 2.55. The van der Waals surface area contributed by atoms with Gasteiger partial charge in [-0.05, 0) is 19.1 Å². The molecular formula is C17H16FN7O. The van der Waals surface area contributed by atoms with E-state index in [4.69, 9.17) is 10.5 Å². The molecule has 0 bridgehead atoms. The fourth-order valence-electron chi connectivity index (χ4n) is 2.98. The fourth-order valence-corrected chi connectivity index (χ4v) is 2.98. The van der Waals surface area contributed by atoms with Gasteiger partial charge in [0.05, 0.1) is 18.8 Å². The molecule has 0 amide bonds. The Labute approximate surface area is 148 Å². The van der Waals surface area contributed by atoms with E-state index in [1.54, 1.807) is 24.5 Å². The lowest BCUT2D eigenvalue weighted by atomic mass is 10.1. The van der Waals surface area contributed by atoms with Crippen LogP contribution >= 0.6 is 0 Å².